The maximum atomic E-state index is 12.5. The summed E-state index contributed by atoms with van der Waals surface area (Å²) >= 11 is 0. The molecule has 6 heteroatoms. The molecule has 0 fully saturated rings. The fourth-order valence-corrected chi connectivity index (χ4v) is 2.30. The summed E-state index contributed by atoms with van der Waals surface area (Å²) < 4.78 is 10.3. The fourth-order valence-electron chi connectivity index (χ4n) is 2.30. The topological polar surface area (TPSA) is 72.6 Å². The second kappa shape index (κ2) is 7.77. The van der Waals surface area contributed by atoms with Crippen molar-refractivity contribution in [2.75, 3.05) is 13.7 Å². The Labute approximate surface area is 141 Å². The molecule has 6 nitrogen and oxygen atoms in total. The monoisotopic (exact) mass is 330 g/mol. The zero-order valence-electron chi connectivity index (χ0n) is 14.4. The van der Waals surface area contributed by atoms with E-state index in [1.807, 2.05) is 44.2 Å². The third-order valence-corrected chi connectivity index (χ3v) is 3.70. The number of hydrogen-bond donors (Lipinski definition) is 0. The van der Waals surface area contributed by atoms with Gasteiger partial charge in [-0.3, -0.25) is 9.59 Å². The summed E-state index contributed by atoms with van der Waals surface area (Å²) in [4.78, 5) is 29.9. The van der Waals surface area contributed by atoms with Gasteiger partial charge in [0, 0.05) is 11.6 Å². The van der Waals surface area contributed by atoms with E-state index in [4.69, 9.17) is 4.42 Å². The van der Waals surface area contributed by atoms with Crippen LogP contribution in [-0.2, 0) is 20.7 Å². The lowest BCUT2D eigenvalue weighted by Crippen LogP contribution is -2.42. The Hall–Kier alpha value is -2.63. The van der Waals surface area contributed by atoms with Crippen LogP contribution in [0.4, 0.5) is 0 Å². The molecule has 0 spiro atoms. The van der Waals surface area contributed by atoms with Crippen LogP contribution in [0.25, 0.3) is 11.5 Å². The van der Waals surface area contributed by atoms with Gasteiger partial charge < -0.3 is 14.1 Å². The molecule has 0 saturated heterocycles. The summed E-state index contributed by atoms with van der Waals surface area (Å²) in [5.41, 5.74) is 1.43. The van der Waals surface area contributed by atoms with Crippen molar-refractivity contribution in [2.24, 2.45) is 0 Å². The Balaban J connectivity index is 2.16. The normalized spacial score (nSPS) is 10.7. The van der Waals surface area contributed by atoms with Crippen LogP contribution >= 0.6 is 0 Å². The predicted octanol–water partition coefficient (Wildman–Crippen LogP) is 2.60. The fraction of sp³-hybridized carbons (Fsp3) is 0.389. The number of carbonyl (C=O) groups is 2. The molecule has 0 saturated carbocycles. The number of aromatic nitrogens is 1. The van der Waals surface area contributed by atoms with E-state index < -0.39 is 5.97 Å². The molecule has 1 aromatic carbocycles. The Bertz CT molecular complexity index is 707. The first-order valence-electron chi connectivity index (χ1n) is 7.80. The lowest BCUT2D eigenvalue weighted by molar-refractivity contribution is -0.148. The number of esters is 1. The zero-order chi connectivity index (χ0) is 17.7. The van der Waals surface area contributed by atoms with E-state index in [0.717, 1.165) is 5.56 Å². The third kappa shape index (κ3) is 4.22. The van der Waals surface area contributed by atoms with Crippen molar-refractivity contribution in [2.45, 2.75) is 33.2 Å². The summed E-state index contributed by atoms with van der Waals surface area (Å²) in [6.45, 7) is 5.41. The molecule has 0 unspecified atom stereocenters. The smallest absolute Gasteiger partial charge is 0.325 e. The molecular weight excluding hydrogens is 308 g/mol. The molecule has 0 N–H and O–H groups in total. The Morgan fingerprint density at radius 1 is 1.25 bits per heavy atom. The number of carbonyl (C=O) groups excluding carboxylic acids is 2. The van der Waals surface area contributed by atoms with Crippen molar-refractivity contribution in [3.05, 3.63) is 41.8 Å². The maximum Gasteiger partial charge on any atom is 0.325 e. The molecule has 1 amide bonds. The number of hydrogen-bond acceptors (Lipinski definition) is 5. The molecule has 24 heavy (non-hydrogen) atoms. The van der Waals surface area contributed by atoms with E-state index in [1.54, 1.807) is 6.92 Å². The lowest BCUT2D eigenvalue weighted by atomic mass is 10.2. The van der Waals surface area contributed by atoms with Crippen LogP contribution in [0.5, 0.6) is 0 Å². The third-order valence-electron chi connectivity index (χ3n) is 3.70. The standard InChI is InChI=1S/C18H22N2O4/c1-12(2)20(11-17(22)23-4)16(21)10-15-13(3)24-18(19-15)14-8-6-5-7-9-14/h5-9,12H,10-11H2,1-4H3. The van der Waals surface area contributed by atoms with Crippen LogP contribution in [0.2, 0.25) is 0 Å². The van der Waals surface area contributed by atoms with Crippen molar-refractivity contribution >= 4 is 11.9 Å². The van der Waals surface area contributed by atoms with Crippen LogP contribution in [0.1, 0.15) is 25.3 Å². The van der Waals surface area contributed by atoms with Gasteiger partial charge in [-0.2, -0.15) is 0 Å². The van der Waals surface area contributed by atoms with Gasteiger partial charge in [0.25, 0.3) is 0 Å². The van der Waals surface area contributed by atoms with Crippen LogP contribution in [0.3, 0.4) is 0 Å². The summed E-state index contributed by atoms with van der Waals surface area (Å²) in [7, 11) is 1.30. The van der Waals surface area contributed by atoms with E-state index in [1.165, 1.54) is 12.0 Å². The van der Waals surface area contributed by atoms with Crippen LogP contribution in [-0.4, -0.2) is 41.5 Å². The molecule has 0 atom stereocenters. The van der Waals surface area contributed by atoms with Gasteiger partial charge >= 0.3 is 5.97 Å². The van der Waals surface area contributed by atoms with Gasteiger partial charge in [0.2, 0.25) is 11.8 Å². The molecule has 0 aliphatic rings. The van der Waals surface area contributed by atoms with Crippen molar-refractivity contribution in [3.63, 3.8) is 0 Å². The van der Waals surface area contributed by atoms with Gasteiger partial charge in [0.05, 0.1) is 19.2 Å². The average Bonchev–Trinajstić information content (AvgIpc) is 2.93. The first kappa shape index (κ1) is 17.7. The highest BCUT2D eigenvalue weighted by molar-refractivity contribution is 5.83. The number of amides is 1. The minimum absolute atomic E-state index is 0.0740. The number of ether oxygens (including phenoxy) is 1. The van der Waals surface area contributed by atoms with Gasteiger partial charge in [-0.1, -0.05) is 18.2 Å². The molecule has 1 heterocycles. The van der Waals surface area contributed by atoms with Crippen molar-refractivity contribution < 1.29 is 18.7 Å². The Kier molecular flexibility index (Phi) is 5.73. The molecule has 0 bridgehead atoms. The van der Waals surface area contributed by atoms with Crippen molar-refractivity contribution in [3.8, 4) is 11.5 Å². The molecule has 1 aromatic heterocycles. The first-order valence-corrected chi connectivity index (χ1v) is 7.80. The quantitative estimate of drug-likeness (QED) is 0.761. The SMILES string of the molecule is COC(=O)CN(C(=O)Cc1nc(-c2ccccc2)oc1C)C(C)C. The highest BCUT2D eigenvalue weighted by Gasteiger charge is 2.23. The van der Waals surface area contributed by atoms with Crippen molar-refractivity contribution in [1.29, 1.82) is 0 Å². The van der Waals surface area contributed by atoms with E-state index >= 15 is 0 Å². The summed E-state index contributed by atoms with van der Waals surface area (Å²) in [6, 6.07) is 9.39. The second-order valence-corrected chi connectivity index (χ2v) is 5.76. The summed E-state index contributed by atoms with van der Waals surface area (Å²) in [6.07, 6.45) is 0.0807. The number of nitrogens with zero attached hydrogens (tertiary/aromatic N) is 2. The highest BCUT2D eigenvalue weighted by Crippen LogP contribution is 2.22. The van der Waals surface area contributed by atoms with E-state index in [2.05, 4.69) is 9.72 Å². The number of benzene rings is 1. The summed E-state index contributed by atoms with van der Waals surface area (Å²) in [5, 5.41) is 0. The number of oxazole rings is 1. The van der Waals surface area contributed by atoms with Crippen molar-refractivity contribution in [1.82, 2.24) is 9.88 Å². The molecule has 0 aliphatic carbocycles. The van der Waals surface area contributed by atoms with Gasteiger partial charge in [0.1, 0.15) is 12.3 Å². The first-order chi connectivity index (χ1) is 11.4. The highest BCUT2D eigenvalue weighted by atomic mass is 16.5. The minimum Gasteiger partial charge on any atom is -0.468 e. The minimum atomic E-state index is -0.445. The molecule has 2 rings (SSSR count). The number of aryl methyl sites for hydroxylation is 1. The largest absolute Gasteiger partial charge is 0.468 e. The van der Waals surface area contributed by atoms with Gasteiger partial charge in [-0.05, 0) is 32.9 Å². The molecule has 0 radical (unpaired) electrons. The van der Waals surface area contributed by atoms with Crippen LogP contribution < -0.4 is 0 Å². The Morgan fingerprint density at radius 2 is 1.92 bits per heavy atom. The molecular formula is C18H22N2O4. The Morgan fingerprint density at radius 3 is 2.50 bits per heavy atom. The van der Waals surface area contributed by atoms with Crippen LogP contribution in [0, 0.1) is 6.92 Å². The maximum absolute atomic E-state index is 12.5. The van der Waals surface area contributed by atoms with Gasteiger partial charge in [-0.15, -0.1) is 0 Å². The number of methoxy groups -OCH3 is 1. The second-order valence-electron chi connectivity index (χ2n) is 5.76. The van der Waals surface area contributed by atoms with Gasteiger partial charge in [0.15, 0.2) is 0 Å². The van der Waals surface area contributed by atoms with E-state index in [-0.39, 0.29) is 24.9 Å². The average molecular weight is 330 g/mol. The molecule has 128 valence electrons. The predicted molar refractivity (Wildman–Crippen MR) is 89.2 cm³/mol. The van der Waals surface area contributed by atoms with E-state index in [0.29, 0.717) is 17.3 Å². The molecule has 2 aromatic rings. The molecule has 0 aliphatic heterocycles. The van der Waals surface area contributed by atoms with Crippen LogP contribution in [0.15, 0.2) is 34.7 Å². The zero-order valence-corrected chi connectivity index (χ0v) is 14.4. The number of rotatable bonds is 6. The summed E-state index contributed by atoms with van der Waals surface area (Å²) in [5.74, 6) is 0.453. The van der Waals surface area contributed by atoms with E-state index in [9.17, 15) is 9.59 Å². The van der Waals surface area contributed by atoms with Gasteiger partial charge in [-0.25, -0.2) is 4.98 Å². The lowest BCUT2D eigenvalue weighted by Gasteiger charge is -2.25.